The van der Waals surface area contributed by atoms with Crippen molar-refractivity contribution in [2.45, 2.75) is 33.2 Å². The molecule has 7 nitrogen and oxygen atoms in total. The van der Waals surface area contributed by atoms with Crippen LogP contribution in [0.1, 0.15) is 24.7 Å². The molecule has 2 aromatic rings. The summed E-state index contributed by atoms with van der Waals surface area (Å²) in [7, 11) is 0. The highest BCUT2D eigenvalue weighted by Gasteiger charge is 2.28. The molecule has 1 aromatic carbocycles. The first-order chi connectivity index (χ1) is 9.49. The molecule has 0 bridgehead atoms. The van der Waals surface area contributed by atoms with Crippen LogP contribution in [0.25, 0.3) is 11.0 Å². The minimum absolute atomic E-state index is 0.114. The second-order valence-electron chi connectivity index (χ2n) is 5.01. The molecule has 0 spiro atoms. The number of imidazole rings is 1. The number of fused-ring (bicyclic) bond motifs is 3. The Bertz CT molecular complexity index is 748. The number of aryl methyl sites for hydroxylation is 3. The number of hydrogen-bond acceptors (Lipinski definition) is 4. The van der Waals surface area contributed by atoms with Crippen molar-refractivity contribution in [1.29, 1.82) is 0 Å². The van der Waals surface area contributed by atoms with Gasteiger partial charge in [-0.1, -0.05) is 0 Å². The molecule has 1 aromatic heterocycles. The van der Waals surface area contributed by atoms with Crippen LogP contribution in [0.2, 0.25) is 0 Å². The van der Waals surface area contributed by atoms with Crippen LogP contribution in [0.15, 0.2) is 6.07 Å². The van der Waals surface area contributed by atoms with E-state index in [4.69, 9.17) is 0 Å². The largest absolute Gasteiger partial charge is 0.328 e. The Balaban J connectivity index is 2.35. The maximum absolute atomic E-state index is 11.4. The lowest BCUT2D eigenvalue weighted by Gasteiger charge is -2.08. The van der Waals surface area contributed by atoms with Gasteiger partial charge in [0.25, 0.3) is 0 Å². The highest BCUT2D eigenvalue weighted by atomic mass is 16.6. The van der Waals surface area contributed by atoms with Gasteiger partial charge in [0, 0.05) is 19.9 Å². The molecule has 0 fully saturated rings. The van der Waals surface area contributed by atoms with Crippen molar-refractivity contribution >= 4 is 28.3 Å². The van der Waals surface area contributed by atoms with Crippen LogP contribution in [0.3, 0.4) is 0 Å². The first kappa shape index (κ1) is 12.6. The van der Waals surface area contributed by atoms with E-state index in [1.807, 2.05) is 10.6 Å². The summed E-state index contributed by atoms with van der Waals surface area (Å²) in [4.78, 5) is 26.6. The summed E-state index contributed by atoms with van der Waals surface area (Å²) in [6.07, 6.45) is 1.85. The van der Waals surface area contributed by atoms with E-state index in [1.165, 1.54) is 6.92 Å². The van der Waals surface area contributed by atoms with Gasteiger partial charge in [0.05, 0.1) is 10.4 Å². The van der Waals surface area contributed by atoms with Crippen LogP contribution >= 0.6 is 0 Å². The van der Waals surface area contributed by atoms with Crippen molar-refractivity contribution < 1.29 is 9.72 Å². The molecule has 0 aliphatic carbocycles. The summed E-state index contributed by atoms with van der Waals surface area (Å²) >= 11 is 0. The van der Waals surface area contributed by atoms with Gasteiger partial charge in [0.2, 0.25) is 5.91 Å². The minimum atomic E-state index is -0.469. The first-order valence-corrected chi connectivity index (χ1v) is 6.43. The summed E-state index contributed by atoms with van der Waals surface area (Å²) in [5.41, 5.74) is 1.94. The molecule has 7 heteroatoms. The predicted octanol–water partition coefficient (Wildman–Crippen LogP) is 2.16. The van der Waals surface area contributed by atoms with Crippen molar-refractivity contribution in [2.75, 3.05) is 5.32 Å². The van der Waals surface area contributed by atoms with Crippen molar-refractivity contribution in [1.82, 2.24) is 9.55 Å². The third-order valence-electron chi connectivity index (χ3n) is 3.56. The van der Waals surface area contributed by atoms with E-state index < -0.39 is 4.92 Å². The summed E-state index contributed by atoms with van der Waals surface area (Å²) < 4.78 is 2.02. The first-order valence-electron chi connectivity index (χ1n) is 6.43. The molecule has 0 saturated heterocycles. The minimum Gasteiger partial charge on any atom is -0.328 e. The van der Waals surface area contributed by atoms with Crippen molar-refractivity contribution in [3.63, 3.8) is 0 Å². The quantitative estimate of drug-likeness (QED) is 0.671. The molecule has 0 unspecified atom stereocenters. The van der Waals surface area contributed by atoms with E-state index >= 15 is 0 Å². The molecule has 1 N–H and O–H groups in total. The van der Waals surface area contributed by atoms with Crippen LogP contribution in [0.5, 0.6) is 0 Å². The lowest BCUT2D eigenvalue weighted by Crippen LogP contribution is -2.10. The van der Waals surface area contributed by atoms with Gasteiger partial charge in [-0.05, 0) is 25.0 Å². The number of nitro groups is 1. The normalized spacial score (nSPS) is 13.5. The van der Waals surface area contributed by atoms with Gasteiger partial charge in [-0.15, -0.1) is 0 Å². The molecule has 104 valence electrons. The number of carbonyl (C=O) groups is 1. The lowest BCUT2D eigenvalue weighted by atomic mass is 10.1. The third kappa shape index (κ3) is 1.74. The van der Waals surface area contributed by atoms with Gasteiger partial charge in [0.1, 0.15) is 11.5 Å². The highest BCUT2D eigenvalue weighted by molar-refractivity contribution is 6.00. The SMILES string of the molecule is CC(=O)Nc1c(C)cc2c(nc3n2CCC3)c1[N+](=O)[O-]. The van der Waals surface area contributed by atoms with Crippen LogP contribution in [-0.4, -0.2) is 20.4 Å². The summed E-state index contributed by atoms with van der Waals surface area (Å²) in [6, 6.07) is 1.86. The van der Waals surface area contributed by atoms with Gasteiger partial charge in [-0.3, -0.25) is 14.9 Å². The number of aromatic nitrogens is 2. The van der Waals surface area contributed by atoms with E-state index in [0.29, 0.717) is 11.1 Å². The Hall–Kier alpha value is -2.44. The van der Waals surface area contributed by atoms with Crippen molar-refractivity contribution in [3.05, 3.63) is 27.6 Å². The van der Waals surface area contributed by atoms with Gasteiger partial charge in [0.15, 0.2) is 5.52 Å². The highest BCUT2D eigenvalue weighted by Crippen LogP contribution is 2.37. The second-order valence-corrected chi connectivity index (χ2v) is 5.01. The Morgan fingerprint density at radius 1 is 1.55 bits per heavy atom. The fourth-order valence-corrected chi connectivity index (χ4v) is 2.76. The topological polar surface area (TPSA) is 90.1 Å². The number of nitrogens with zero attached hydrogens (tertiary/aromatic N) is 3. The van der Waals surface area contributed by atoms with E-state index in [2.05, 4.69) is 10.3 Å². The molecule has 1 amide bonds. The zero-order valence-electron chi connectivity index (χ0n) is 11.3. The van der Waals surface area contributed by atoms with Crippen molar-refractivity contribution in [3.8, 4) is 0 Å². The van der Waals surface area contributed by atoms with Gasteiger partial charge >= 0.3 is 5.69 Å². The molecule has 1 aliphatic rings. The van der Waals surface area contributed by atoms with Crippen LogP contribution in [0.4, 0.5) is 11.4 Å². The molecular formula is C13H14N4O3. The van der Waals surface area contributed by atoms with Crippen molar-refractivity contribution in [2.24, 2.45) is 0 Å². The van der Waals surface area contributed by atoms with Crippen LogP contribution in [0, 0.1) is 17.0 Å². The number of anilines is 1. The number of benzene rings is 1. The number of carbonyl (C=O) groups excluding carboxylic acids is 1. The molecule has 0 atom stereocenters. The maximum atomic E-state index is 11.4. The zero-order chi connectivity index (χ0) is 14.4. The monoisotopic (exact) mass is 274 g/mol. The van der Waals surface area contributed by atoms with Crippen LogP contribution < -0.4 is 5.32 Å². The Kier molecular flexibility index (Phi) is 2.70. The Morgan fingerprint density at radius 3 is 2.95 bits per heavy atom. The number of hydrogen-bond donors (Lipinski definition) is 1. The number of nitro benzene ring substituents is 1. The molecular weight excluding hydrogens is 260 g/mol. The van der Waals surface area contributed by atoms with E-state index in [9.17, 15) is 14.9 Å². The molecule has 20 heavy (non-hydrogen) atoms. The van der Waals surface area contributed by atoms with Gasteiger partial charge in [-0.25, -0.2) is 4.98 Å². The third-order valence-corrected chi connectivity index (χ3v) is 3.56. The molecule has 0 radical (unpaired) electrons. The smallest absolute Gasteiger partial charge is 0.320 e. The number of rotatable bonds is 2. The average molecular weight is 274 g/mol. The second kappa shape index (κ2) is 4.29. The Labute approximate surface area is 114 Å². The fourth-order valence-electron chi connectivity index (χ4n) is 2.76. The van der Waals surface area contributed by atoms with Gasteiger partial charge < -0.3 is 9.88 Å². The molecule has 2 heterocycles. The molecule has 0 saturated carbocycles. The zero-order valence-corrected chi connectivity index (χ0v) is 11.3. The van der Waals surface area contributed by atoms with Crippen LogP contribution in [-0.2, 0) is 17.8 Å². The number of amides is 1. The van der Waals surface area contributed by atoms with E-state index in [1.54, 1.807) is 6.92 Å². The maximum Gasteiger partial charge on any atom is 0.320 e. The van der Waals surface area contributed by atoms with E-state index in [0.717, 1.165) is 30.7 Å². The summed E-state index contributed by atoms with van der Waals surface area (Å²) in [5.74, 6) is 0.546. The summed E-state index contributed by atoms with van der Waals surface area (Å²) in [5, 5.41) is 14.0. The standard InChI is InChI=1S/C13H14N4O3/c1-7-6-9-12(15-10-4-3-5-16(9)10)13(17(19)20)11(7)14-8(2)18/h6H,3-5H2,1-2H3,(H,14,18). The molecule has 1 aliphatic heterocycles. The van der Waals surface area contributed by atoms with Gasteiger partial charge in [-0.2, -0.15) is 0 Å². The number of nitrogens with one attached hydrogen (secondary N) is 1. The molecule has 3 rings (SSSR count). The average Bonchev–Trinajstić information content (AvgIpc) is 2.90. The Morgan fingerprint density at radius 2 is 2.30 bits per heavy atom. The predicted molar refractivity (Wildman–Crippen MR) is 73.7 cm³/mol. The van der Waals surface area contributed by atoms with E-state index in [-0.39, 0.29) is 17.3 Å². The fraction of sp³-hybridized carbons (Fsp3) is 0.385. The summed E-state index contributed by atoms with van der Waals surface area (Å²) in [6.45, 7) is 3.93. The lowest BCUT2D eigenvalue weighted by molar-refractivity contribution is -0.382.